The Kier molecular flexibility index (Phi) is 7.36. The molecule has 2 amide bonds. The number of nitrogens with one attached hydrogen (secondary N) is 2. The molecule has 27 heavy (non-hydrogen) atoms. The number of halogens is 1. The second-order valence-corrected chi connectivity index (χ2v) is 7.59. The summed E-state index contributed by atoms with van der Waals surface area (Å²) in [5, 5.41) is 5.87. The molecule has 2 aromatic carbocycles. The minimum absolute atomic E-state index is 0.143. The number of anilines is 1. The summed E-state index contributed by atoms with van der Waals surface area (Å²) in [6.45, 7) is 7.62. The third kappa shape index (κ3) is 5.79. The van der Waals surface area contributed by atoms with Crippen LogP contribution in [0.1, 0.15) is 49.0 Å². The molecule has 2 N–H and O–H groups in total. The van der Waals surface area contributed by atoms with Crippen molar-refractivity contribution in [3.63, 3.8) is 0 Å². The highest BCUT2D eigenvalue weighted by Crippen LogP contribution is 2.29. The van der Waals surface area contributed by atoms with Crippen molar-refractivity contribution in [2.75, 3.05) is 5.32 Å². The van der Waals surface area contributed by atoms with Crippen molar-refractivity contribution in [3.8, 4) is 0 Å². The molecule has 0 radical (unpaired) electrons. The minimum atomic E-state index is -0.466. The molecule has 5 heteroatoms. The van der Waals surface area contributed by atoms with Gasteiger partial charge in [0, 0.05) is 15.7 Å². The van der Waals surface area contributed by atoms with Crippen LogP contribution in [0.25, 0.3) is 0 Å². The minimum Gasteiger partial charge on any atom is -0.343 e. The van der Waals surface area contributed by atoms with Crippen LogP contribution < -0.4 is 10.6 Å². The van der Waals surface area contributed by atoms with Crippen LogP contribution in [-0.2, 0) is 10.3 Å². The van der Waals surface area contributed by atoms with Crippen molar-refractivity contribution in [1.82, 2.24) is 5.32 Å². The van der Waals surface area contributed by atoms with Crippen LogP contribution in [-0.4, -0.2) is 11.8 Å². The van der Waals surface area contributed by atoms with E-state index in [0.29, 0.717) is 11.3 Å². The summed E-state index contributed by atoms with van der Waals surface area (Å²) in [7, 11) is 0. The van der Waals surface area contributed by atoms with Crippen molar-refractivity contribution in [2.45, 2.75) is 38.6 Å². The zero-order chi connectivity index (χ0) is 19.9. The Balaban J connectivity index is 2.20. The van der Waals surface area contributed by atoms with E-state index in [-0.39, 0.29) is 11.8 Å². The molecule has 0 aliphatic rings. The fraction of sp³-hybridized carbons (Fsp3) is 0.273. The molecular weight excluding hydrogens is 404 g/mol. The van der Waals surface area contributed by atoms with Crippen LogP contribution in [0, 0.1) is 0 Å². The summed E-state index contributed by atoms with van der Waals surface area (Å²) >= 11 is 3.51. The monoisotopic (exact) mass is 428 g/mol. The van der Waals surface area contributed by atoms with Gasteiger partial charge in [0.25, 0.3) is 5.91 Å². The highest BCUT2D eigenvalue weighted by atomic mass is 79.9. The number of carbonyl (C=O) groups excluding carboxylic acids is 2. The lowest BCUT2D eigenvalue weighted by atomic mass is 9.86. The first-order chi connectivity index (χ1) is 12.9. The topological polar surface area (TPSA) is 58.2 Å². The number of amides is 2. The number of carbonyl (C=O) groups is 2. The van der Waals surface area contributed by atoms with E-state index in [4.69, 9.17) is 0 Å². The number of hydrogen-bond acceptors (Lipinski definition) is 2. The maximum atomic E-state index is 12.8. The summed E-state index contributed by atoms with van der Waals surface area (Å²) in [4.78, 5) is 24.2. The first kappa shape index (κ1) is 20.9. The molecule has 142 valence electrons. The number of rotatable bonds is 8. The predicted molar refractivity (Wildman–Crippen MR) is 114 cm³/mol. The van der Waals surface area contributed by atoms with Gasteiger partial charge in [-0.2, -0.15) is 0 Å². The summed E-state index contributed by atoms with van der Waals surface area (Å²) in [5.74, 6) is -0.427. The number of unbranched alkanes of at least 4 members (excludes halogenated alkanes) is 1. The first-order valence-corrected chi connectivity index (χ1v) is 9.79. The van der Waals surface area contributed by atoms with E-state index in [1.54, 1.807) is 24.3 Å². The lowest BCUT2D eigenvalue weighted by Gasteiger charge is -2.32. The SMILES string of the molecule is C=CC(=O)Nc1ccc(C(=O)NC(C)(CCCC)c2cccc(Br)c2)cc1. The normalized spacial score (nSPS) is 12.7. The molecule has 0 heterocycles. The average molecular weight is 429 g/mol. The molecular formula is C22H25BrN2O2. The van der Waals surface area contributed by atoms with Crippen molar-refractivity contribution >= 4 is 33.4 Å². The summed E-state index contributed by atoms with van der Waals surface area (Å²) < 4.78 is 0.985. The van der Waals surface area contributed by atoms with Gasteiger partial charge in [-0.05, 0) is 61.4 Å². The molecule has 0 saturated carbocycles. The van der Waals surface area contributed by atoms with E-state index < -0.39 is 5.54 Å². The highest BCUT2D eigenvalue weighted by Gasteiger charge is 2.28. The third-order valence-electron chi connectivity index (χ3n) is 4.48. The lowest BCUT2D eigenvalue weighted by Crippen LogP contribution is -2.43. The molecule has 2 aromatic rings. The molecule has 2 rings (SSSR count). The van der Waals surface area contributed by atoms with Gasteiger partial charge in [0.2, 0.25) is 5.91 Å². The number of benzene rings is 2. The standard InChI is InChI=1S/C22H25BrN2O2/c1-4-6-14-22(3,17-8-7-9-18(23)15-17)25-21(27)16-10-12-19(13-11-16)24-20(26)5-2/h5,7-13,15H,2,4,6,14H2,1,3H3,(H,24,26)(H,25,27). The van der Waals surface area contributed by atoms with E-state index >= 15 is 0 Å². The second-order valence-electron chi connectivity index (χ2n) is 6.67. The van der Waals surface area contributed by atoms with Gasteiger partial charge in [-0.15, -0.1) is 0 Å². The molecule has 0 saturated heterocycles. The third-order valence-corrected chi connectivity index (χ3v) is 4.97. The molecule has 4 nitrogen and oxygen atoms in total. The Bertz CT molecular complexity index is 817. The van der Waals surface area contributed by atoms with E-state index in [2.05, 4.69) is 47.0 Å². The van der Waals surface area contributed by atoms with Crippen LogP contribution in [0.2, 0.25) is 0 Å². The van der Waals surface area contributed by atoms with Gasteiger partial charge in [-0.1, -0.05) is 54.4 Å². The van der Waals surface area contributed by atoms with Crippen molar-refractivity contribution < 1.29 is 9.59 Å². The second kappa shape index (κ2) is 9.51. The van der Waals surface area contributed by atoms with Gasteiger partial charge < -0.3 is 10.6 Å². The molecule has 0 aromatic heterocycles. The zero-order valence-corrected chi connectivity index (χ0v) is 17.3. The Hall–Kier alpha value is -2.40. The van der Waals surface area contributed by atoms with Crippen LogP contribution >= 0.6 is 15.9 Å². The fourth-order valence-electron chi connectivity index (χ4n) is 2.86. The molecule has 0 bridgehead atoms. The first-order valence-electron chi connectivity index (χ1n) is 9.00. The van der Waals surface area contributed by atoms with Gasteiger partial charge in [0.05, 0.1) is 5.54 Å². The van der Waals surface area contributed by atoms with Gasteiger partial charge in [0.15, 0.2) is 0 Å². The molecule has 1 atom stereocenters. The van der Waals surface area contributed by atoms with E-state index in [1.807, 2.05) is 24.3 Å². The van der Waals surface area contributed by atoms with Gasteiger partial charge in [-0.3, -0.25) is 9.59 Å². The van der Waals surface area contributed by atoms with Crippen LogP contribution in [0.3, 0.4) is 0 Å². The lowest BCUT2D eigenvalue weighted by molar-refractivity contribution is -0.111. The van der Waals surface area contributed by atoms with Gasteiger partial charge >= 0.3 is 0 Å². The van der Waals surface area contributed by atoms with Gasteiger partial charge in [0.1, 0.15) is 0 Å². The molecule has 0 aliphatic carbocycles. The summed E-state index contributed by atoms with van der Waals surface area (Å²) in [6, 6.07) is 14.9. The van der Waals surface area contributed by atoms with Crippen LogP contribution in [0.15, 0.2) is 65.7 Å². The smallest absolute Gasteiger partial charge is 0.251 e. The Morgan fingerprint density at radius 1 is 1.19 bits per heavy atom. The highest BCUT2D eigenvalue weighted by molar-refractivity contribution is 9.10. The maximum Gasteiger partial charge on any atom is 0.251 e. The summed E-state index contributed by atoms with van der Waals surface area (Å²) in [5.41, 5.74) is 1.77. The Morgan fingerprint density at radius 2 is 1.89 bits per heavy atom. The molecule has 0 spiro atoms. The quantitative estimate of drug-likeness (QED) is 0.552. The molecule has 0 aliphatic heterocycles. The summed E-state index contributed by atoms with van der Waals surface area (Å²) in [6.07, 6.45) is 4.12. The Morgan fingerprint density at radius 3 is 2.48 bits per heavy atom. The Labute approximate surface area is 169 Å². The van der Waals surface area contributed by atoms with Crippen molar-refractivity contribution in [3.05, 3.63) is 76.8 Å². The van der Waals surface area contributed by atoms with E-state index in [9.17, 15) is 9.59 Å². The van der Waals surface area contributed by atoms with E-state index in [1.165, 1.54) is 6.08 Å². The average Bonchev–Trinajstić information content (AvgIpc) is 2.66. The molecule has 0 fully saturated rings. The van der Waals surface area contributed by atoms with E-state index in [0.717, 1.165) is 29.3 Å². The van der Waals surface area contributed by atoms with Crippen molar-refractivity contribution in [2.24, 2.45) is 0 Å². The number of hydrogen-bond donors (Lipinski definition) is 2. The van der Waals surface area contributed by atoms with Crippen LogP contribution in [0.5, 0.6) is 0 Å². The molecule has 1 unspecified atom stereocenters. The fourth-order valence-corrected chi connectivity index (χ4v) is 3.26. The van der Waals surface area contributed by atoms with Gasteiger partial charge in [-0.25, -0.2) is 0 Å². The van der Waals surface area contributed by atoms with Crippen LogP contribution in [0.4, 0.5) is 5.69 Å². The maximum absolute atomic E-state index is 12.8. The zero-order valence-electron chi connectivity index (χ0n) is 15.7. The van der Waals surface area contributed by atoms with Crippen molar-refractivity contribution in [1.29, 1.82) is 0 Å². The predicted octanol–water partition coefficient (Wildman–Crippen LogP) is 5.41. The largest absolute Gasteiger partial charge is 0.343 e.